The van der Waals surface area contributed by atoms with E-state index < -0.39 is 0 Å². The maximum absolute atomic E-state index is 6.11. The fourth-order valence-electron chi connectivity index (χ4n) is 2.34. The third-order valence-electron chi connectivity index (χ3n) is 3.41. The Balaban J connectivity index is 1.79. The quantitative estimate of drug-likeness (QED) is 0.553. The van der Waals surface area contributed by atoms with Crippen LogP contribution in [0.1, 0.15) is 5.76 Å². The van der Waals surface area contributed by atoms with Gasteiger partial charge in [0.25, 0.3) is 0 Å². The zero-order chi connectivity index (χ0) is 15.6. The molecule has 1 N–H and O–H groups in total. The van der Waals surface area contributed by atoms with Gasteiger partial charge in [-0.3, -0.25) is 0 Å². The van der Waals surface area contributed by atoms with Crippen molar-refractivity contribution in [1.82, 2.24) is 9.97 Å². The van der Waals surface area contributed by atoms with Crippen LogP contribution in [0.15, 0.2) is 58.5 Å². The monoisotopic (exact) mass is 341 g/mol. The predicted octanol–water partition coefficient (Wildman–Crippen LogP) is 5.22. The van der Waals surface area contributed by atoms with Crippen LogP contribution in [0.5, 0.6) is 0 Å². The highest BCUT2D eigenvalue weighted by atomic mass is 35.5. The Bertz CT molecular complexity index is 936. The summed E-state index contributed by atoms with van der Waals surface area (Å²) in [6, 6.07) is 13.4. The van der Waals surface area contributed by atoms with E-state index >= 15 is 0 Å². The number of rotatable bonds is 4. The van der Waals surface area contributed by atoms with Crippen molar-refractivity contribution < 1.29 is 4.42 Å². The molecule has 0 aliphatic carbocycles. The number of hydrogen-bond donors (Lipinski definition) is 1. The molecule has 0 radical (unpaired) electrons. The van der Waals surface area contributed by atoms with Crippen molar-refractivity contribution >= 4 is 39.7 Å². The van der Waals surface area contributed by atoms with E-state index in [-0.39, 0.29) is 0 Å². The molecule has 0 aliphatic heterocycles. The number of halogens is 1. The number of aromatic nitrogens is 2. The molecule has 3 heterocycles. The van der Waals surface area contributed by atoms with Crippen LogP contribution >= 0.6 is 22.9 Å². The Morgan fingerprint density at radius 3 is 2.87 bits per heavy atom. The highest BCUT2D eigenvalue weighted by Gasteiger charge is 2.11. The first-order valence-electron chi connectivity index (χ1n) is 7.07. The molecular formula is C17H12ClN3OS. The number of furan rings is 1. The molecule has 4 rings (SSSR count). The van der Waals surface area contributed by atoms with Gasteiger partial charge in [0.1, 0.15) is 11.6 Å². The number of anilines is 1. The molecule has 4 nitrogen and oxygen atoms in total. The number of nitrogens with zero attached hydrogens (tertiary/aromatic N) is 2. The Kier molecular flexibility index (Phi) is 3.73. The summed E-state index contributed by atoms with van der Waals surface area (Å²) in [6.07, 6.45) is 1.66. The molecule has 0 spiro atoms. The lowest BCUT2D eigenvalue weighted by atomic mass is 10.2. The first-order chi connectivity index (χ1) is 11.3. The lowest BCUT2D eigenvalue weighted by molar-refractivity contribution is 0.518. The molecule has 0 amide bonds. The van der Waals surface area contributed by atoms with E-state index in [1.807, 2.05) is 47.8 Å². The zero-order valence-electron chi connectivity index (χ0n) is 12.0. The Hall–Kier alpha value is -2.37. The van der Waals surface area contributed by atoms with Gasteiger partial charge in [0.05, 0.1) is 23.2 Å². The Morgan fingerprint density at radius 2 is 2.09 bits per heavy atom. The largest absolute Gasteiger partial charge is 0.467 e. The van der Waals surface area contributed by atoms with Gasteiger partial charge in [0.2, 0.25) is 0 Å². The van der Waals surface area contributed by atoms with E-state index in [1.165, 1.54) is 0 Å². The lowest BCUT2D eigenvalue weighted by Gasteiger charge is -2.10. The zero-order valence-corrected chi connectivity index (χ0v) is 13.6. The molecule has 0 fully saturated rings. The molecule has 114 valence electrons. The van der Waals surface area contributed by atoms with E-state index in [4.69, 9.17) is 16.0 Å². The van der Waals surface area contributed by atoms with Crippen LogP contribution in [-0.4, -0.2) is 9.97 Å². The van der Waals surface area contributed by atoms with Crippen molar-refractivity contribution in [1.29, 1.82) is 0 Å². The van der Waals surface area contributed by atoms with Gasteiger partial charge < -0.3 is 9.73 Å². The van der Waals surface area contributed by atoms with Gasteiger partial charge in [-0.15, -0.1) is 11.3 Å². The fraction of sp³-hybridized carbons (Fsp3) is 0.0588. The van der Waals surface area contributed by atoms with Crippen LogP contribution in [-0.2, 0) is 6.54 Å². The first-order valence-corrected chi connectivity index (χ1v) is 8.33. The summed E-state index contributed by atoms with van der Waals surface area (Å²) < 4.78 is 5.36. The summed E-state index contributed by atoms with van der Waals surface area (Å²) in [6.45, 7) is 0.561. The fourth-order valence-corrected chi connectivity index (χ4v) is 3.16. The summed E-state index contributed by atoms with van der Waals surface area (Å²) >= 11 is 7.72. The third kappa shape index (κ3) is 2.93. The topological polar surface area (TPSA) is 51.0 Å². The van der Waals surface area contributed by atoms with Crippen molar-refractivity contribution in [2.24, 2.45) is 0 Å². The standard InChI is InChI=1S/C17H12ClN3OS/c18-11-5-6-13-14(9-11)20-17(15-4-2-8-23-15)21-16(13)19-10-12-3-1-7-22-12/h1-9H,10H2,(H,19,20,21). The van der Waals surface area contributed by atoms with Crippen LogP contribution in [0.3, 0.4) is 0 Å². The van der Waals surface area contributed by atoms with Gasteiger partial charge in [0.15, 0.2) is 5.82 Å². The van der Waals surface area contributed by atoms with Crippen LogP contribution in [0.25, 0.3) is 21.6 Å². The molecule has 23 heavy (non-hydrogen) atoms. The molecule has 6 heteroatoms. The number of thiophene rings is 1. The molecule has 0 aliphatic rings. The van der Waals surface area contributed by atoms with Crippen LogP contribution < -0.4 is 5.32 Å². The Labute approximate surface area is 141 Å². The van der Waals surface area contributed by atoms with Gasteiger partial charge in [-0.05, 0) is 41.8 Å². The highest BCUT2D eigenvalue weighted by Crippen LogP contribution is 2.29. The smallest absolute Gasteiger partial charge is 0.172 e. The van der Waals surface area contributed by atoms with Gasteiger partial charge in [-0.2, -0.15) is 0 Å². The van der Waals surface area contributed by atoms with Crippen molar-refractivity contribution in [2.45, 2.75) is 6.54 Å². The second-order valence-corrected chi connectivity index (χ2v) is 6.35. The second-order valence-electron chi connectivity index (χ2n) is 4.97. The van der Waals surface area contributed by atoms with Crippen LogP contribution in [0, 0.1) is 0 Å². The van der Waals surface area contributed by atoms with Crippen molar-refractivity contribution in [2.75, 3.05) is 5.32 Å². The van der Waals surface area contributed by atoms with Crippen LogP contribution in [0.2, 0.25) is 5.02 Å². The summed E-state index contributed by atoms with van der Waals surface area (Å²) in [5.74, 6) is 2.31. The van der Waals surface area contributed by atoms with E-state index in [0.29, 0.717) is 17.4 Å². The molecular weight excluding hydrogens is 330 g/mol. The molecule has 0 unspecified atom stereocenters. The predicted molar refractivity (Wildman–Crippen MR) is 93.9 cm³/mol. The average Bonchev–Trinajstić information content (AvgIpc) is 3.25. The maximum atomic E-state index is 6.11. The van der Waals surface area contributed by atoms with Gasteiger partial charge in [0, 0.05) is 10.4 Å². The number of hydrogen-bond acceptors (Lipinski definition) is 5. The van der Waals surface area contributed by atoms with E-state index in [0.717, 1.165) is 27.4 Å². The third-order valence-corrected chi connectivity index (χ3v) is 4.51. The molecule has 4 aromatic rings. The number of fused-ring (bicyclic) bond motifs is 1. The van der Waals surface area contributed by atoms with Gasteiger partial charge in [-0.25, -0.2) is 9.97 Å². The normalized spacial score (nSPS) is 11.0. The Morgan fingerprint density at radius 1 is 1.13 bits per heavy atom. The maximum Gasteiger partial charge on any atom is 0.172 e. The number of nitrogens with one attached hydrogen (secondary N) is 1. The lowest BCUT2D eigenvalue weighted by Crippen LogP contribution is -2.03. The summed E-state index contributed by atoms with van der Waals surface area (Å²) in [5, 5.41) is 6.93. The minimum Gasteiger partial charge on any atom is -0.467 e. The molecule has 0 saturated heterocycles. The molecule has 0 bridgehead atoms. The average molecular weight is 342 g/mol. The molecule has 0 saturated carbocycles. The first kappa shape index (κ1) is 14.2. The minimum absolute atomic E-state index is 0.561. The van der Waals surface area contributed by atoms with E-state index in [1.54, 1.807) is 17.6 Å². The van der Waals surface area contributed by atoms with Gasteiger partial charge in [-0.1, -0.05) is 17.7 Å². The van der Waals surface area contributed by atoms with E-state index in [2.05, 4.69) is 15.3 Å². The second kappa shape index (κ2) is 6.02. The molecule has 0 atom stereocenters. The summed E-state index contributed by atoms with van der Waals surface area (Å²) in [4.78, 5) is 10.3. The van der Waals surface area contributed by atoms with Gasteiger partial charge >= 0.3 is 0 Å². The van der Waals surface area contributed by atoms with Crippen molar-refractivity contribution in [3.8, 4) is 10.7 Å². The van der Waals surface area contributed by atoms with Crippen LogP contribution in [0.4, 0.5) is 5.82 Å². The SMILES string of the molecule is Clc1ccc2c(NCc3ccco3)nc(-c3cccs3)nc2c1. The summed E-state index contributed by atoms with van der Waals surface area (Å²) in [5.41, 5.74) is 0.817. The minimum atomic E-state index is 0.561. The molecule has 1 aromatic carbocycles. The van der Waals surface area contributed by atoms with E-state index in [9.17, 15) is 0 Å². The highest BCUT2D eigenvalue weighted by molar-refractivity contribution is 7.13. The number of benzene rings is 1. The van der Waals surface area contributed by atoms with Crippen molar-refractivity contribution in [3.63, 3.8) is 0 Å². The summed E-state index contributed by atoms with van der Waals surface area (Å²) in [7, 11) is 0. The molecule has 3 aromatic heterocycles. The van der Waals surface area contributed by atoms with Crippen molar-refractivity contribution in [3.05, 3.63) is 64.9 Å².